The molecule has 2 heterocycles. The van der Waals surface area contributed by atoms with E-state index >= 15 is 0 Å². The third kappa shape index (κ3) is 8.89. The van der Waals surface area contributed by atoms with E-state index < -0.39 is 14.1 Å². The molecule has 4 aromatic rings. The lowest BCUT2D eigenvalue weighted by Gasteiger charge is -2.36. The van der Waals surface area contributed by atoms with Crippen molar-refractivity contribution < 1.29 is 18.6 Å². The Morgan fingerprint density at radius 1 is 0.962 bits per heavy atom. The van der Waals surface area contributed by atoms with Gasteiger partial charge in [0.1, 0.15) is 12.2 Å². The molecule has 8 heteroatoms. The molecule has 2 fully saturated rings. The summed E-state index contributed by atoms with van der Waals surface area (Å²) in [6, 6.07) is 31.6. The van der Waals surface area contributed by atoms with Gasteiger partial charge < -0.3 is 18.6 Å². The summed E-state index contributed by atoms with van der Waals surface area (Å²) in [5.74, 6) is 1.15. The Morgan fingerprint density at radius 2 is 1.62 bits per heavy atom. The van der Waals surface area contributed by atoms with Gasteiger partial charge in [-0.1, -0.05) is 118 Å². The second-order valence-corrected chi connectivity index (χ2v) is 21.9. The summed E-state index contributed by atoms with van der Waals surface area (Å²) in [5, 5.41) is 0.962. The number of thioether (sulfide) groups is 1. The molecule has 0 unspecified atom stereocenters. The molecule has 3 atom stereocenters. The molecule has 3 aromatic carbocycles. The molecule has 1 spiro atoms. The van der Waals surface area contributed by atoms with Crippen LogP contribution in [-0.4, -0.2) is 38.6 Å². The SMILES string of the molecule is CCc1ccc(C(=C[C@H]2CCC3(C2)O[C@H](c2ccccc2)[C@@H](c2ccccc2)O3)c2ccc(SCCCO[Si](C)(C)C(C)(C)C)c(Cl)c2)nc1OC. The van der Waals surface area contributed by atoms with Gasteiger partial charge in [-0.3, -0.25) is 0 Å². The first-order valence-corrected chi connectivity index (χ1v) is 23.0. The van der Waals surface area contributed by atoms with Crippen molar-refractivity contribution in [1.82, 2.24) is 4.98 Å². The topological polar surface area (TPSA) is 49.8 Å². The van der Waals surface area contributed by atoms with Gasteiger partial charge in [-0.2, -0.15) is 0 Å². The first-order valence-electron chi connectivity index (χ1n) is 18.7. The van der Waals surface area contributed by atoms with Crippen LogP contribution >= 0.6 is 23.4 Å². The van der Waals surface area contributed by atoms with Gasteiger partial charge in [-0.15, -0.1) is 11.8 Å². The first kappa shape index (κ1) is 38.8. The van der Waals surface area contributed by atoms with E-state index in [1.807, 2.05) is 12.1 Å². The molecular weight excluding hydrogens is 702 g/mol. The van der Waals surface area contributed by atoms with E-state index in [4.69, 9.17) is 35.2 Å². The Morgan fingerprint density at radius 3 is 2.19 bits per heavy atom. The van der Waals surface area contributed by atoms with Crippen molar-refractivity contribution in [1.29, 1.82) is 0 Å². The minimum atomic E-state index is -1.75. The molecule has 0 radical (unpaired) electrons. The van der Waals surface area contributed by atoms with Crippen molar-refractivity contribution in [3.8, 4) is 5.88 Å². The smallest absolute Gasteiger partial charge is 0.216 e. The zero-order chi connectivity index (χ0) is 36.9. The lowest BCUT2D eigenvalue weighted by molar-refractivity contribution is -0.171. The van der Waals surface area contributed by atoms with Crippen molar-refractivity contribution in [2.75, 3.05) is 19.5 Å². The fraction of sp³-hybridized carbons (Fsp3) is 0.432. The zero-order valence-electron chi connectivity index (χ0n) is 31.8. The monoisotopic (exact) mass is 755 g/mol. The molecule has 5 nitrogen and oxygen atoms in total. The van der Waals surface area contributed by atoms with Crippen LogP contribution in [0.2, 0.25) is 23.2 Å². The normalized spacial score (nSPS) is 20.5. The van der Waals surface area contributed by atoms with Gasteiger partial charge in [0.15, 0.2) is 14.1 Å². The second kappa shape index (κ2) is 16.6. The predicted octanol–water partition coefficient (Wildman–Crippen LogP) is 12.3. The maximum Gasteiger partial charge on any atom is 0.216 e. The summed E-state index contributed by atoms with van der Waals surface area (Å²) in [7, 11) is -0.0561. The number of halogens is 1. The number of pyridine rings is 1. The van der Waals surface area contributed by atoms with Crippen LogP contribution in [-0.2, 0) is 20.3 Å². The predicted molar refractivity (Wildman–Crippen MR) is 218 cm³/mol. The quantitative estimate of drug-likeness (QED) is 0.0769. The largest absolute Gasteiger partial charge is 0.481 e. The van der Waals surface area contributed by atoms with Crippen LogP contribution in [0.1, 0.15) is 93.5 Å². The Balaban J connectivity index is 1.24. The van der Waals surface area contributed by atoms with E-state index in [1.165, 1.54) is 0 Å². The minimum Gasteiger partial charge on any atom is -0.481 e. The lowest BCUT2D eigenvalue weighted by atomic mass is 9.95. The van der Waals surface area contributed by atoms with Gasteiger partial charge in [0, 0.05) is 41.2 Å². The zero-order valence-corrected chi connectivity index (χ0v) is 34.4. The summed E-state index contributed by atoms with van der Waals surface area (Å²) in [6.45, 7) is 14.4. The van der Waals surface area contributed by atoms with E-state index in [-0.39, 0.29) is 23.2 Å². The van der Waals surface area contributed by atoms with Crippen LogP contribution in [0.15, 0.2) is 102 Å². The summed E-state index contributed by atoms with van der Waals surface area (Å²) >= 11 is 8.81. The van der Waals surface area contributed by atoms with Crippen LogP contribution < -0.4 is 4.74 Å². The van der Waals surface area contributed by atoms with Crippen LogP contribution in [0, 0.1) is 5.92 Å². The number of benzene rings is 3. The van der Waals surface area contributed by atoms with E-state index in [9.17, 15) is 0 Å². The number of ether oxygens (including phenoxy) is 3. The molecule has 1 saturated heterocycles. The van der Waals surface area contributed by atoms with Crippen molar-refractivity contribution in [2.24, 2.45) is 5.92 Å². The third-order valence-electron chi connectivity index (χ3n) is 10.9. The third-order valence-corrected chi connectivity index (χ3v) is 17.1. The van der Waals surface area contributed by atoms with Crippen LogP contribution in [0.4, 0.5) is 0 Å². The standard InChI is InChI=1S/C44H54ClNO4SSi/c1-8-32-20-22-38(46-42(32)47-5)36(35-21-23-39(37(45)29-35)51-27-15-26-48-52(6,7)43(2,3)4)28-31-24-25-44(30-31)49-40(33-16-11-9-12-17-33)41(50-44)34-18-13-10-14-19-34/h9-14,16-23,28-29,31,40-41H,8,15,24-27,30H2,1-7H3/t31-,40-,41-/m1/s1. The highest BCUT2D eigenvalue weighted by molar-refractivity contribution is 7.99. The molecule has 1 saturated carbocycles. The van der Waals surface area contributed by atoms with Gasteiger partial charge in [0.2, 0.25) is 5.88 Å². The molecule has 2 aliphatic rings. The summed E-state index contributed by atoms with van der Waals surface area (Å²) < 4.78 is 26.1. The molecule has 52 heavy (non-hydrogen) atoms. The number of methoxy groups -OCH3 is 1. The van der Waals surface area contributed by atoms with Crippen LogP contribution in [0.3, 0.4) is 0 Å². The highest BCUT2D eigenvalue weighted by atomic mass is 35.5. The Kier molecular flexibility index (Phi) is 12.4. The molecule has 276 valence electrons. The minimum absolute atomic E-state index is 0.180. The van der Waals surface area contributed by atoms with Crippen LogP contribution in [0.25, 0.3) is 5.57 Å². The maximum absolute atomic E-state index is 7.02. The molecule has 1 aliphatic carbocycles. The molecule has 0 N–H and O–H groups in total. The number of rotatable bonds is 13. The molecule has 6 rings (SSSR count). The summed E-state index contributed by atoms with van der Waals surface area (Å²) in [4.78, 5) is 6.10. The van der Waals surface area contributed by atoms with Gasteiger partial charge in [-0.25, -0.2) is 4.98 Å². The Labute approximate surface area is 321 Å². The lowest BCUT2D eigenvalue weighted by Crippen LogP contribution is -2.41. The van der Waals surface area contributed by atoms with E-state index in [0.29, 0.717) is 5.88 Å². The molecule has 1 aliphatic heterocycles. The Hall–Kier alpha value is -2.91. The Bertz CT molecular complexity index is 1780. The molecule has 0 bridgehead atoms. The number of hydrogen-bond acceptors (Lipinski definition) is 6. The fourth-order valence-electron chi connectivity index (χ4n) is 6.95. The van der Waals surface area contributed by atoms with Gasteiger partial charge >= 0.3 is 0 Å². The van der Waals surface area contributed by atoms with E-state index in [2.05, 4.69) is 126 Å². The molecule has 1 aromatic heterocycles. The van der Waals surface area contributed by atoms with Gasteiger partial charge in [0.25, 0.3) is 0 Å². The number of allylic oxidation sites excluding steroid dienone is 1. The number of hydrogen-bond donors (Lipinski definition) is 0. The fourth-order valence-corrected chi connectivity index (χ4v) is 9.23. The average molecular weight is 757 g/mol. The van der Waals surface area contributed by atoms with Crippen molar-refractivity contribution in [2.45, 2.75) is 101 Å². The van der Waals surface area contributed by atoms with Crippen LogP contribution in [0.5, 0.6) is 5.88 Å². The maximum atomic E-state index is 7.02. The molecule has 0 amide bonds. The highest BCUT2D eigenvalue weighted by Crippen LogP contribution is 2.55. The first-order chi connectivity index (χ1) is 24.9. The second-order valence-electron chi connectivity index (χ2n) is 15.6. The summed E-state index contributed by atoms with van der Waals surface area (Å²) in [6.07, 6.45) is 6.34. The number of nitrogens with zero attached hydrogens (tertiary/aromatic N) is 1. The van der Waals surface area contributed by atoms with Gasteiger partial charge in [-0.05, 0) is 78.2 Å². The van der Waals surface area contributed by atoms with E-state index in [1.54, 1.807) is 18.9 Å². The number of aryl methyl sites for hydroxylation is 1. The molecular formula is C44H54ClNO4SSi. The van der Waals surface area contributed by atoms with E-state index in [0.717, 1.165) is 87.9 Å². The van der Waals surface area contributed by atoms with Crippen molar-refractivity contribution >= 4 is 37.3 Å². The average Bonchev–Trinajstić information content (AvgIpc) is 3.73. The summed E-state index contributed by atoms with van der Waals surface area (Å²) in [5.41, 5.74) is 6.30. The van der Waals surface area contributed by atoms with Crippen molar-refractivity contribution in [3.05, 3.63) is 130 Å². The number of aromatic nitrogens is 1. The van der Waals surface area contributed by atoms with Gasteiger partial charge in [0.05, 0.1) is 17.8 Å². The highest BCUT2D eigenvalue weighted by Gasteiger charge is 2.52. The van der Waals surface area contributed by atoms with Crippen molar-refractivity contribution in [3.63, 3.8) is 0 Å².